The fourth-order valence-electron chi connectivity index (χ4n) is 2.31. The van der Waals surface area contributed by atoms with Crippen molar-refractivity contribution < 1.29 is 0 Å². The summed E-state index contributed by atoms with van der Waals surface area (Å²) in [6.07, 6.45) is 1.42. The zero-order valence-corrected chi connectivity index (χ0v) is 12.1. The van der Waals surface area contributed by atoms with Gasteiger partial charge in [0.25, 0.3) is 0 Å². The Bertz CT molecular complexity index is 754. The minimum absolute atomic E-state index is 0.0515. The SMILES string of the molecule is Cc1ccc2c(C(C)(C)C)nc(-n3ncnn3)cc2c1. The molecule has 0 aliphatic heterocycles. The van der Waals surface area contributed by atoms with Crippen molar-refractivity contribution in [3.63, 3.8) is 0 Å². The summed E-state index contributed by atoms with van der Waals surface area (Å²) >= 11 is 0. The molecule has 0 bridgehead atoms. The standard InChI is InChI=1S/C15H17N5/c1-10-5-6-12-11(7-10)8-13(20-17-9-16-19-20)18-14(12)15(2,3)4/h5-9H,1-4H3. The summed E-state index contributed by atoms with van der Waals surface area (Å²) in [6, 6.07) is 8.41. The largest absolute Gasteiger partial charge is 0.231 e. The zero-order valence-electron chi connectivity index (χ0n) is 12.1. The highest BCUT2D eigenvalue weighted by molar-refractivity contribution is 5.87. The lowest BCUT2D eigenvalue weighted by Crippen LogP contribution is -2.16. The van der Waals surface area contributed by atoms with E-state index in [9.17, 15) is 0 Å². The predicted octanol–water partition coefficient (Wildman–Crippen LogP) is 2.82. The predicted molar refractivity (Wildman–Crippen MR) is 77.9 cm³/mol. The fraction of sp³-hybridized carbons (Fsp3) is 0.333. The van der Waals surface area contributed by atoms with E-state index in [4.69, 9.17) is 4.98 Å². The van der Waals surface area contributed by atoms with Crippen LogP contribution in [0.25, 0.3) is 16.6 Å². The van der Waals surface area contributed by atoms with Crippen LogP contribution in [0.4, 0.5) is 0 Å². The average molecular weight is 267 g/mol. The topological polar surface area (TPSA) is 56.5 Å². The first kappa shape index (κ1) is 12.7. The molecule has 0 saturated carbocycles. The molecule has 0 radical (unpaired) electrons. The van der Waals surface area contributed by atoms with Crippen LogP contribution in [0, 0.1) is 6.92 Å². The van der Waals surface area contributed by atoms with E-state index in [1.54, 1.807) is 0 Å². The van der Waals surface area contributed by atoms with Crippen LogP contribution < -0.4 is 0 Å². The molecule has 0 aliphatic carbocycles. The molecule has 0 amide bonds. The molecule has 0 fully saturated rings. The van der Waals surface area contributed by atoms with E-state index < -0.39 is 0 Å². The van der Waals surface area contributed by atoms with Gasteiger partial charge in [-0.25, -0.2) is 4.98 Å². The van der Waals surface area contributed by atoms with Gasteiger partial charge < -0.3 is 0 Å². The molecule has 0 spiro atoms. The first-order valence-electron chi connectivity index (χ1n) is 6.60. The van der Waals surface area contributed by atoms with Gasteiger partial charge in [-0.1, -0.05) is 44.5 Å². The molecule has 3 aromatic rings. The van der Waals surface area contributed by atoms with Crippen LogP contribution >= 0.6 is 0 Å². The van der Waals surface area contributed by atoms with Gasteiger partial charge in [0.1, 0.15) is 0 Å². The van der Waals surface area contributed by atoms with Crippen LogP contribution in [0.3, 0.4) is 0 Å². The van der Waals surface area contributed by atoms with E-state index in [0.29, 0.717) is 5.82 Å². The number of hydrogen-bond acceptors (Lipinski definition) is 4. The molecule has 5 nitrogen and oxygen atoms in total. The smallest absolute Gasteiger partial charge is 0.177 e. The van der Waals surface area contributed by atoms with Gasteiger partial charge in [0, 0.05) is 10.8 Å². The van der Waals surface area contributed by atoms with Crippen LogP contribution in [0.15, 0.2) is 30.6 Å². The molecule has 0 aliphatic rings. The summed E-state index contributed by atoms with van der Waals surface area (Å²) in [5.74, 6) is 0.700. The number of tetrazole rings is 1. The summed E-state index contributed by atoms with van der Waals surface area (Å²) in [6.45, 7) is 8.57. The molecule has 3 rings (SSSR count). The Kier molecular flexibility index (Phi) is 2.78. The Morgan fingerprint density at radius 3 is 2.55 bits per heavy atom. The first-order chi connectivity index (χ1) is 9.45. The Morgan fingerprint density at radius 1 is 1.10 bits per heavy atom. The second-order valence-corrected chi connectivity index (χ2v) is 6.03. The minimum atomic E-state index is -0.0515. The number of benzene rings is 1. The maximum absolute atomic E-state index is 4.74. The third kappa shape index (κ3) is 2.15. The maximum Gasteiger partial charge on any atom is 0.177 e. The van der Waals surface area contributed by atoms with E-state index >= 15 is 0 Å². The summed E-state index contributed by atoms with van der Waals surface area (Å²) in [5.41, 5.74) is 2.22. The molecule has 0 unspecified atom stereocenters. The first-order valence-corrected chi connectivity index (χ1v) is 6.60. The van der Waals surface area contributed by atoms with Gasteiger partial charge in [0.15, 0.2) is 12.1 Å². The number of hydrogen-bond donors (Lipinski definition) is 0. The van der Waals surface area contributed by atoms with Crippen LogP contribution in [0.2, 0.25) is 0 Å². The Morgan fingerprint density at radius 2 is 1.90 bits per heavy atom. The summed E-state index contributed by atoms with van der Waals surface area (Å²) in [7, 11) is 0. The Hall–Kier alpha value is -2.30. The number of fused-ring (bicyclic) bond motifs is 1. The van der Waals surface area contributed by atoms with Crippen LogP contribution in [-0.2, 0) is 5.41 Å². The second-order valence-electron chi connectivity index (χ2n) is 6.03. The van der Waals surface area contributed by atoms with Gasteiger partial charge in [-0.15, -0.1) is 15.0 Å². The van der Waals surface area contributed by atoms with Crippen molar-refractivity contribution in [2.24, 2.45) is 0 Å². The van der Waals surface area contributed by atoms with Crippen LogP contribution in [0.5, 0.6) is 0 Å². The van der Waals surface area contributed by atoms with Gasteiger partial charge in [0.05, 0.1) is 5.69 Å². The highest BCUT2D eigenvalue weighted by Crippen LogP contribution is 2.30. The minimum Gasteiger partial charge on any atom is -0.231 e. The van der Waals surface area contributed by atoms with Crippen molar-refractivity contribution in [1.82, 2.24) is 25.2 Å². The van der Waals surface area contributed by atoms with Crippen molar-refractivity contribution in [3.05, 3.63) is 41.9 Å². The van der Waals surface area contributed by atoms with Crippen LogP contribution in [0.1, 0.15) is 32.0 Å². The number of nitrogens with zero attached hydrogens (tertiary/aromatic N) is 5. The quantitative estimate of drug-likeness (QED) is 0.680. The normalized spacial score (nSPS) is 12.0. The highest BCUT2D eigenvalue weighted by Gasteiger charge is 2.20. The summed E-state index contributed by atoms with van der Waals surface area (Å²) < 4.78 is 0. The molecule has 5 heteroatoms. The van der Waals surface area contributed by atoms with Crippen molar-refractivity contribution in [3.8, 4) is 5.82 Å². The van der Waals surface area contributed by atoms with Gasteiger partial charge in [-0.2, -0.15) is 0 Å². The number of aryl methyl sites for hydroxylation is 1. The van der Waals surface area contributed by atoms with Gasteiger partial charge in [-0.3, -0.25) is 0 Å². The highest BCUT2D eigenvalue weighted by atomic mass is 15.6. The maximum atomic E-state index is 4.74. The molecule has 2 heterocycles. The van der Waals surface area contributed by atoms with Crippen molar-refractivity contribution in [2.45, 2.75) is 33.1 Å². The third-order valence-electron chi connectivity index (χ3n) is 3.24. The lowest BCUT2D eigenvalue weighted by atomic mass is 9.88. The molecular weight excluding hydrogens is 250 g/mol. The number of rotatable bonds is 1. The number of pyridine rings is 1. The Labute approximate surface area is 117 Å². The molecule has 0 N–H and O–H groups in total. The lowest BCUT2D eigenvalue weighted by molar-refractivity contribution is 0.569. The molecule has 2 aromatic heterocycles. The summed E-state index contributed by atoms with van der Waals surface area (Å²) in [4.78, 5) is 6.20. The average Bonchev–Trinajstić information content (AvgIpc) is 2.89. The zero-order chi connectivity index (χ0) is 14.3. The fourth-order valence-corrected chi connectivity index (χ4v) is 2.31. The van der Waals surface area contributed by atoms with Crippen LogP contribution in [-0.4, -0.2) is 25.2 Å². The monoisotopic (exact) mass is 267 g/mol. The van der Waals surface area contributed by atoms with E-state index in [0.717, 1.165) is 11.1 Å². The second kappa shape index (κ2) is 4.37. The summed E-state index contributed by atoms with van der Waals surface area (Å²) in [5, 5.41) is 14.1. The molecule has 0 saturated heterocycles. The molecule has 1 aromatic carbocycles. The molecule has 20 heavy (non-hydrogen) atoms. The lowest BCUT2D eigenvalue weighted by Gasteiger charge is -2.21. The molecular formula is C15H17N5. The van der Waals surface area contributed by atoms with E-state index in [1.807, 2.05) is 6.07 Å². The molecule has 0 atom stereocenters. The van der Waals surface area contributed by atoms with Crippen molar-refractivity contribution in [1.29, 1.82) is 0 Å². The van der Waals surface area contributed by atoms with Crippen molar-refractivity contribution >= 4 is 10.8 Å². The van der Waals surface area contributed by atoms with Gasteiger partial charge in [-0.05, 0) is 23.6 Å². The third-order valence-corrected chi connectivity index (χ3v) is 3.24. The van der Waals surface area contributed by atoms with E-state index in [2.05, 4.69) is 61.3 Å². The van der Waals surface area contributed by atoms with Gasteiger partial charge in [0.2, 0.25) is 0 Å². The van der Waals surface area contributed by atoms with E-state index in [1.165, 1.54) is 22.1 Å². The van der Waals surface area contributed by atoms with E-state index in [-0.39, 0.29) is 5.41 Å². The molecule has 102 valence electrons. The van der Waals surface area contributed by atoms with Gasteiger partial charge >= 0.3 is 0 Å². The van der Waals surface area contributed by atoms with Crippen molar-refractivity contribution in [2.75, 3.05) is 0 Å². The Balaban J connectivity index is 2.35. The number of aromatic nitrogens is 5.